The standard InChI is InChI=1S/C11H11ClN2OS/c1-14(6-2-5-13)11(15)9-7-8(16)3-4-10(9)12/h3-4,7,16H,2,6H2,1H3. The number of thiol groups is 1. The first-order valence-corrected chi connectivity index (χ1v) is 5.49. The van der Waals surface area contributed by atoms with Gasteiger partial charge in [-0.15, -0.1) is 12.6 Å². The van der Waals surface area contributed by atoms with Crippen molar-refractivity contribution in [3.8, 4) is 6.07 Å². The lowest BCUT2D eigenvalue weighted by atomic mass is 10.2. The van der Waals surface area contributed by atoms with Gasteiger partial charge in [0.15, 0.2) is 0 Å². The maximum Gasteiger partial charge on any atom is 0.255 e. The molecule has 84 valence electrons. The third-order valence-electron chi connectivity index (χ3n) is 2.09. The van der Waals surface area contributed by atoms with Crippen LogP contribution in [-0.4, -0.2) is 24.4 Å². The Bertz CT molecular complexity index is 442. The number of carbonyl (C=O) groups excluding carboxylic acids is 1. The Labute approximate surface area is 105 Å². The third-order valence-corrected chi connectivity index (χ3v) is 2.69. The molecule has 0 atom stereocenters. The number of hydrogen-bond acceptors (Lipinski definition) is 3. The summed E-state index contributed by atoms with van der Waals surface area (Å²) in [5.74, 6) is -0.198. The molecule has 3 nitrogen and oxygen atoms in total. The van der Waals surface area contributed by atoms with Crippen LogP contribution in [-0.2, 0) is 0 Å². The van der Waals surface area contributed by atoms with Gasteiger partial charge < -0.3 is 4.90 Å². The molecular weight excluding hydrogens is 244 g/mol. The van der Waals surface area contributed by atoms with Crippen LogP contribution in [0.25, 0.3) is 0 Å². The zero-order valence-electron chi connectivity index (χ0n) is 8.77. The highest BCUT2D eigenvalue weighted by Crippen LogP contribution is 2.20. The van der Waals surface area contributed by atoms with E-state index in [0.29, 0.717) is 28.4 Å². The molecule has 0 aromatic heterocycles. The fourth-order valence-corrected chi connectivity index (χ4v) is 1.60. The number of nitrogens with zero attached hydrogens (tertiary/aromatic N) is 2. The Hall–Kier alpha value is -1.18. The van der Waals surface area contributed by atoms with E-state index < -0.39 is 0 Å². The fourth-order valence-electron chi connectivity index (χ4n) is 1.20. The first-order valence-electron chi connectivity index (χ1n) is 4.67. The normalized spacial score (nSPS) is 9.62. The number of nitriles is 1. The summed E-state index contributed by atoms with van der Waals surface area (Å²) in [4.78, 5) is 14.1. The molecule has 0 N–H and O–H groups in total. The molecule has 16 heavy (non-hydrogen) atoms. The maximum atomic E-state index is 11.9. The van der Waals surface area contributed by atoms with Crippen molar-refractivity contribution >= 4 is 30.1 Å². The van der Waals surface area contributed by atoms with Gasteiger partial charge in [0, 0.05) is 18.5 Å². The summed E-state index contributed by atoms with van der Waals surface area (Å²) >= 11 is 10.1. The molecule has 1 amide bonds. The van der Waals surface area contributed by atoms with Crippen LogP contribution < -0.4 is 0 Å². The van der Waals surface area contributed by atoms with Crippen LogP contribution in [0, 0.1) is 11.3 Å². The third kappa shape index (κ3) is 3.16. The molecule has 5 heteroatoms. The van der Waals surface area contributed by atoms with E-state index in [9.17, 15) is 4.79 Å². The lowest BCUT2D eigenvalue weighted by Crippen LogP contribution is -2.27. The van der Waals surface area contributed by atoms with Crippen LogP contribution in [0.3, 0.4) is 0 Å². The Morgan fingerprint density at radius 3 is 2.94 bits per heavy atom. The quantitative estimate of drug-likeness (QED) is 0.843. The summed E-state index contributed by atoms with van der Waals surface area (Å²) < 4.78 is 0. The van der Waals surface area contributed by atoms with Gasteiger partial charge in [-0.3, -0.25) is 4.79 Å². The molecular formula is C11H11ClN2OS. The van der Waals surface area contributed by atoms with Crippen molar-refractivity contribution in [2.24, 2.45) is 0 Å². The molecule has 0 saturated carbocycles. The highest BCUT2D eigenvalue weighted by Gasteiger charge is 2.14. The molecule has 0 heterocycles. The van der Waals surface area contributed by atoms with Crippen LogP contribution in [0.1, 0.15) is 16.8 Å². The van der Waals surface area contributed by atoms with Crippen molar-refractivity contribution in [2.45, 2.75) is 11.3 Å². The van der Waals surface area contributed by atoms with Gasteiger partial charge in [0.05, 0.1) is 23.1 Å². The van der Waals surface area contributed by atoms with Gasteiger partial charge >= 0.3 is 0 Å². The SMILES string of the molecule is CN(CCC#N)C(=O)c1cc(S)ccc1Cl. The highest BCUT2D eigenvalue weighted by molar-refractivity contribution is 7.80. The molecule has 0 fully saturated rings. The van der Waals surface area contributed by atoms with Crippen molar-refractivity contribution in [2.75, 3.05) is 13.6 Å². The molecule has 0 radical (unpaired) electrons. The van der Waals surface area contributed by atoms with Crippen molar-refractivity contribution < 1.29 is 4.79 Å². The Morgan fingerprint density at radius 2 is 2.31 bits per heavy atom. The summed E-state index contributed by atoms with van der Waals surface area (Å²) in [5.41, 5.74) is 0.412. The molecule has 0 aliphatic carbocycles. The zero-order valence-corrected chi connectivity index (χ0v) is 10.4. The Morgan fingerprint density at radius 1 is 1.62 bits per heavy atom. The summed E-state index contributed by atoms with van der Waals surface area (Å²) in [6.45, 7) is 0.391. The van der Waals surface area contributed by atoms with E-state index in [1.807, 2.05) is 6.07 Å². The maximum absolute atomic E-state index is 11.9. The van der Waals surface area contributed by atoms with Crippen molar-refractivity contribution in [3.05, 3.63) is 28.8 Å². The summed E-state index contributed by atoms with van der Waals surface area (Å²) in [6.07, 6.45) is 0.306. The van der Waals surface area contributed by atoms with Crippen LogP contribution in [0.2, 0.25) is 5.02 Å². The summed E-state index contributed by atoms with van der Waals surface area (Å²) in [5, 5.41) is 8.83. The van der Waals surface area contributed by atoms with E-state index in [0.717, 1.165) is 0 Å². The fraction of sp³-hybridized carbons (Fsp3) is 0.273. The topological polar surface area (TPSA) is 44.1 Å². The van der Waals surface area contributed by atoms with E-state index in [-0.39, 0.29) is 5.91 Å². The molecule has 0 unspecified atom stereocenters. The predicted octanol–water partition coefficient (Wildman–Crippen LogP) is 2.61. The number of carbonyl (C=O) groups is 1. The molecule has 0 spiro atoms. The first kappa shape index (κ1) is 12.9. The number of amides is 1. The van der Waals surface area contributed by atoms with Crippen LogP contribution in [0.15, 0.2) is 23.1 Å². The Kier molecular flexibility index (Phi) is 4.66. The van der Waals surface area contributed by atoms with E-state index in [1.165, 1.54) is 4.90 Å². The summed E-state index contributed by atoms with van der Waals surface area (Å²) in [6, 6.07) is 6.96. The second-order valence-electron chi connectivity index (χ2n) is 3.30. The van der Waals surface area contributed by atoms with Gasteiger partial charge in [0.25, 0.3) is 5.91 Å². The molecule has 1 rings (SSSR count). The van der Waals surface area contributed by atoms with Gasteiger partial charge in [-0.05, 0) is 18.2 Å². The van der Waals surface area contributed by atoms with E-state index >= 15 is 0 Å². The smallest absolute Gasteiger partial charge is 0.255 e. The van der Waals surface area contributed by atoms with E-state index in [4.69, 9.17) is 16.9 Å². The average molecular weight is 255 g/mol. The van der Waals surface area contributed by atoms with E-state index in [1.54, 1.807) is 25.2 Å². The largest absolute Gasteiger partial charge is 0.341 e. The van der Waals surface area contributed by atoms with Crippen LogP contribution >= 0.6 is 24.2 Å². The lowest BCUT2D eigenvalue weighted by molar-refractivity contribution is 0.0798. The first-order chi connectivity index (χ1) is 7.56. The molecule has 1 aromatic carbocycles. The van der Waals surface area contributed by atoms with Gasteiger partial charge in [-0.25, -0.2) is 0 Å². The number of halogens is 1. The zero-order chi connectivity index (χ0) is 12.1. The molecule has 0 saturated heterocycles. The van der Waals surface area contributed by atoms with E-state index in [2.05, 4.69) is 12.6 Å². The minimum Gasteiger partial charge on any atom is -0.341 e. The molecule has 1 aromatic rings. The van der Waals surface area contributed by atoms with Crippen LogP contribution in [0.5, 0.6) is 0 Å². The minimum absolute atomic E-state index is 0.198. The monoisotopic (exact) mass is 254 g/mol. The van der Waals surface area contributed by atoms with Gasteiger partial charge in [0.1, 0.15) is 0 Å². The second kappa shape index (κ2) is 5.78. The van der Waals surface area contributed by atoms with Gasteiger partial charge in [0.2, 0.25) is 0 Å². The second-order valence-corrected chi connectivity index (χ2v) is 4.22. The molecule has 0 aliphatic rings. The minimum atomic E-state index is -0.198. The van der Waals surface area contributed by atoms with Crippen molar-refractivity contribution in [1.29, 1.82) is 5.26 Å². The van der Waals surface area contributed by atoms with Gasteiger partial charge in [-0.2, -0.15) is 5.26 Å². The van der Waals surface area contributed by atoms with Crippen LogP contribution in [0.4, 0.5) is 0 Å². The van der Waals surface area contributed by atoms with Gasteiger partial charge in [-0.1, -0.05) is 11.6 Å². The molecule has 0 aliphatic heterocycles. The summed E-state index contributed by atoms with van der Waals surface area (Å²) in [7, 11) is 1.64. The predicted molar refractivity (Wildman–Crippen MR) is 65.9 cm³/mol. The highest BCUT2D eigenvalue weighted by atomic mass is 35.5. The Balaban J connectivity index is 2.88. The number of rotatable bonds is 3. The average Bonchev–Trinajstić information content (AvgIpc) is 2.28. The number of hydrogen-bond donors (Lipinski definition) is 1. The van der Waals surface area contributed by atoms with Crippen molar-refractivity contribution in [3.63, 3.8) is 0 Å². The molecule has 0 bridgehead atoms. The number of benzene rings is 1. The van der Waals surface area contributed by atoms with Crippen molar-refractivity contribution in [1.82, 2.24) is 4.90 Å². The lowest BCUT2D eigenvalue weighted by Gasteiger charge is -2.16.